The van der Waals surface area contributed by atoms with Gasteiger partial charge in [0.1, 0.15) is 0 Å². The summed E-state index contributed by atoms with van der Waals surface area (Å²) in [6.07, 6.45) is 1.77. The molecule has 0 aliphatic carbocycles. The number of carbonyl (C=O) groups is 1. The Morgan fingerprint density at radius 1 is 1.03 bits per heavy atom. The Kier molecular flexibility index (Phi) is 5.75. The number of rotatable bonds is 6. The number of anilines is 1. The molecule has 1 aromatic heterocycles. The zero-order valence-corrected chi connectivity index (χ0v) is 19.6. The van der Waals surface area contributed by atoms with Gasteiger partial charge in [0.05, 0.1) is 16.1 Å². The van der Waals surface area contributed by atoms with Gasteiger partial charge in [0.25, 0.3) is 0 Å². The molecule has 2 heterocycles. The number of fused-ring (bicyclic) bond motifs is 2. The Morgan fingerprint density at radius 2 is 1.76 bits per heavy atom. The third-order valence-corrected chi connectivity index (χ3v) is 8.29. The van der Waals surface area contributed by atoms with Crippen molar-refractivity contribution in [1.82, 2.24) is 8.87 Å². The van der Waals surface area contributed by atoms with Crippen LogP contribution in [-0.4, -0.2) is 43.3 Å². The highest BCUT2D eigenvalue weighted by atomic mass is 32.2. The summed E-state index contributed by atoms with van der Waals surface area (Å²) < 4.78 is 33.8. The third-order valence-electron chi connectivity index (χ3n) is 6.39. The zero-order valence-electron chi connectivity index (χ0n) is 18.8. The summed E-state index contributed by atoms with van der Waals surface area (Å²) in [5, 5.41) is 2.01. The van der Waals surface area contributed by atoms with Crippen LogP contribution in [0.25, 0.3) is 21.9 Å². The first kappa shape index (κ1) is 22.4. The van der Waals surface area contributed by atoms with Crippen LogP contribution in [0.1, 0.15) is 19.3 Å². The van der Waals surface area contributed by atoms with Crippen LogP contribution in [0.2, 0.25) is 0 Å². The maximum Gasteiger partial charge on any atom is 0.419 e. The number of nitrogens with zero attached hydrogens (tertiary/aromatic N) is 3. The molecule has 34 heavy (non-hydrogen) atoms. The van der Waals surface area contributed by atoms with Gasteiger partial charge >= 0.3 is 5.76 Å². The fourth-order valence-corrected chi connectivity index (χ4v) is 6.04. The first-order chi connectivity index (χ1) is 16.4. The van der Waals surface area contributed by atoms with Gasteiger partial charge < -0.3 is 9.32 Å². The monoisotopic (exact) mass is 479 g/mol. The third kappa shape index (κ3) is 3.91. The Bertz CT molecular complexity index is 1540. The van der Waals surface area contributed by atoms with Crippen molar-refractivity contribution in [2.45, 2.75) is 30.7 Å². The molecule has 1 aliphatic heterocycles. The summed E-state index contributed by atoms with van der Waals surface area (Å²) in [6, 6.07) is 18.1. The molecule has 0 unspecified atom stereocenters. The molecule has 0 bridgehead atoms. The molecule has 176 valence electrons. The normalized spacial score (nSPS) is 14.7. The largest absolute Gasteiger partial charge is 0.419 e. The predicted octanol–water partition coefficient (Wildman–Crippen LogP) is 3.59. The maximum absolute atomic E-state index is 13.0. The molecule has 1 fully saturated rings. The van der Waals surface area contributed by atoms with Crippen LogP contribution < -0.4 is 10.7 Å². The lowest BCUT2D eigenvalue weighted by molar-refractivity contribution is -0.118. The lowest BCUT2D eigenvalue weighted by atomic mass is 10.1. The molecule has 0 radical (unpaired) electrons. The fraction of sp³-hybridized carbons (Fsp3) is 0.280. The van der Waals surface area contributed by atoms with Crippen molar-refractivity contribution in [2.24, 2.45) is 0 Å². The molecule has 1 amide bonds. The van der Waals surface area contributed by atoms with Crippen molar-refractivity contribution in [3.05, 3.63) is 71.2 Å². The Labute approximate surface area is 197 Å². The van der Waals surface area contributed by atoms with Gasteiger partial charge in [-0.15, -0.1) is 0 Å². The van der Waals surface area contributed by atoms with Crippen molar-refractivity contribution in [3.63, 3.8) is 0 Å². The number of aromatic nitrogens is 1. The average Bonchev–Trinajstić information content (AvgIpc) is 3.49. The van der Waals surface area contributed by atoms with E-state index in [4.69, 9.17) is 4.42 Å². The number of benzene rings is 3. The van der Waals surface area contributed by atoms with Gasteiger partial charge in [0.15, 0.2) is 5.58 Å². The van der Waals surface area contributed by atoms with Crippen LogP contribution in [0.5, 0.6) is 0 Å². The number of oxazole rings is 1. The minimum atomic E-state index is -3.62. The van der Waals surface area contributed by atoms with E-state index in [1.807, 2.05) is 42.5 Å². The van der Waals surface area contributed by atoms with Gasteiger partial charge in [-0.3, -0.25) is 9.36 Å². The fourth-order valence-electron chi connectivity index (χ4n) is 4.51. The molecule has 1 saturated heterocycles. The highest BCUT2D eigenvalue weighted by Crippen LogP contribution is 2.27. The van der Waals surface area contributed by atoms with E-state index in [1.165, 1.54) is 21.0 Å². The summed E-state index contributed by atoms with van der Waals surface area (Å²) >= 11 is 0. The lowest BCUT2D eigenvalue weighted by Gasteiger charge is -2.19. The lowest BCUT2D eigenvalue weighted by Crippen LogP contribution is -2.28. The van der Waals surface area contributed by atoms with Crippen LogP contribution in [0, 0.1) is 0 Å². The minimum absolute atomic E-state index is 0.0854. The molecule has 3 aromatic carbocycles. The quantitative estimate of drug-likeness (QED) is 0.421. The number of sulfonamides is 1. The summed E-state index contributed by atoms with van der Waals surface area (Å²) in [7, 11) is -1.90. The molecular formula is C25H25N3O5S. The smallest absolute Gasteiger partial charge is 0.408 e. The molecule has 0 saturated carbocycles. The summed E-state index contributed by atoms with van der Waals surface area (Å²) in [5.74, 6) is -0.767. The summed E-state index contributed by atoms with van der Waals surface area (Å²) in [6.45, 7) is 1.12. The standard InChI is InChI=1S/C25H25N3O5S/c1-26(21-10-6-8-18-7-2-3-9-20(18)21)24(29)13-16-28-22-12-11-19(17-23(22)33-25(28)30)34(31,32)27-14-4-5-15-27/h2-3,6-12,17H,4-5,13-16H2,1H3. The minimum Gasteiger partial charge on any atom is -0.408 e. The van der Waals surface area contributed by atoms with E-state index in [0.29, 0.717) is 18.6 Å². The SMILES string of the molecule is CN(C(=O)CCn1c(=O)oc2cc(S(=O)(=O)N3CCCC3)ccc21)c1cccc2ccccc12. The maximum atomic E-state index is 13.0. The van der Waals surface area contributed by atoms with E-state index >= 15 is 0 Å². The van der Waals surface area contributed by atoms with Crippen LogP contribution in [0.3, 0.4) is 0 Å². The molecule has 0 N–H and O–H groups in total. The first-order valence-electron chi connectivity index (χ1n) is 11.2. The molecule has 8 nitrogen and oxygen atoms in total. The summed E-state index contributed by atoms with van der Waals surface area (Å²) in [4.78, 5) is 27.2. The molecule has 9 heteroatoms. The second-order valence-electron chi connectivity index (χ2n) is 8.46. The number of aryl methyl sites for hydroxylation is 1. The molecule has 4 aromatic rings. The Hall–Kier alpha value is -3.43. The van der Waals surface area contributed by atoms with Gasteiger partial charge in [-0.05, 0) is 36.4 Å². The summed E-state index contributed by atoms with van der Waals surface area (Å²) in [5.41, 5.74) is 1.45. The van der Waals surface area contributed by atoms with E-state index in [0.717, 1.165) is 29.3 Å². The second-order valence-corrected chi connectivity index (χ2v) is 10.4. The van der Waals surface area contributed by atoms with E-state index in [2.05, 4.69) is 0 Å². The van der Waals surface area contributed by atoms with Crippen LogP contribution in [-0.2, 0) is 21.4 Å². The Balaban J connectivity index is 1.37. The number of amides is 1. The topological polar surface area (TPSA) is 92.8 Å². The molecule has 1 aliphatic rings. The molecule has 0 spiro atoms. The zero-order chi connectivity index (χ0) is 23.9. The van der Waals surface area contributed by atoms with Crippen molar-refractivity contribution in [1.29, 1.82) is 0 Å². The van der Waals surface area contributed by atoms with Gasteiger partial charge in [0.2, 0.25) is 15.9 Å². The van der Waals surface area contributed by atoms with Crippen LogP contribution in [0.15, 0.2) is 74.8 Å². The highest BCUT2D eigenvalue weighted by molar-refractivity contribution is 7.89. The Morgan fingerprint density at radius 3 is 2.56 bits per heavy atom. The van der Waals surface area contributed by atoms with Gasteiger partial charge in [-0.1, -0.05) is 36.4 Å². The van der Waals surface area contributed by atoms with Crippen molar-refractivity contribution in [3.8, 4) is 0 Å². The van der Waals surface area contributed by atoms with E-state index in [9.17, 15) is 18.0 Å². The van der Waals surface area contributed by atoms with Gasteiger partial charge in [0, 0.05) is 44.6 Å². The van der Waals surface area contributed by atoms with Gasteiger partial charge in [-0.25, -0.2) is 13.2 Å². The van der Waals surface area contributed by atoms with E-state index in [-0.39, 0.29) is 29.4 Å². The first-order valence-corrected chi connectivity index (χ1v) is 12.7. The number of hydrogen-bond donors (Lipinski definition) is 0. The van der Waals surface area contributed by atoms with E-state index in [1.54, 1.807) is 18.0 Å². The molecular weight excluding hydrogens is 454 g/mol. The number of hydrogen-bond acceptors (Lipinski definition) is 5. The molecule has 5 rings (SSSR count). The van der Waals surface area contributed by atoms with Crippen LogP contribution >= 0.6 is 0 Å². The van der Waals surface area contributed by atoms with Gasteiger partial charge in [-0.2, -0.15) is 4.31 Å². The molecule has 0 atom stereocenters. The van der Waals surface area contributed by atoms with Crippen molar-refractivity contribution in [2.75, 3.05) is 25.0 Å². The highest BCUT2D eigenvalue weighted by Gasteiger charge is 2.28. The van der Waals surface area contributed by atoms with Crippen LogP contribution in [0.4, 0.5) is 5.69 Å². The predicted molar refractivity (Wildman–Crippen MR) is 130 cm³/mol. The second kappa shape index (κ2) is 8.73. The average molecular weight is 480 g/mol. The van der Waals surface area contributed by atoms with Crippen molar-refractivity contribution < 1.29 is 17.6 Å². The number of carbonyl (C=O) groups excluding carboxylic acids is 1. The van der Waals surface area contributed by atoms with E-state index < -0.39 is 15.8 Å². The van der Waals surface area contributed by atoms with Crippen molar-refractivity contribution >= 4 is 43.5 Å².